The zero-order valence-electron chi connectivity index (χ0n) is 21.7. The first-order valence-corrected chi connectivity index (χ1v) is 14.8. The molecule has 1 aromatic heterocycles. The number of carbonyl (C=O) groups excluding carboxylic acids is 2. The smallest absolute Gasteiger partial charge is 0.262 e. The molecule has 1 heterocycles. The summed E-state index contributed by atoms with van der Waals surface area (Å²) in [6, 6.07) is 12.7. The number of thiophene rings is 1. The molecule has 0 unspecified atom stereocenters. The van der Waals surface area contributed by atoms with Crippen molar-refractivity contribution in [1.82, 2.24) is 14.9 Å². The topological polar surface area (TPSA) is 119 Å². The van der Waals surface area contributed by atoms with Crippen molar-refractivity contribution in [3.05, 3.63) is 63.5 Å². The molecule has 0 saturated carbocycles. The van der Waals surface area contributed by atoms with E-state index in [1.807, 2.05) is 39.0 Å². The fraction of sp³-hybridized carbons (Fsp3) is 0.370. The number of benzene rings is 2. The first-order chi connectivity index (χ1) is 17.9. The molecule has 0 fully saturated rings. The predicted molar refractivity (Wildman–Crippen MR) is 151 cm³/mol. The van der Waals surface area contributed by atoms with Gasteiger partial charge in [-0.1, -0.05) is 37.6 Å². The highest BCUT2D eigenvalue weighted by atomic mass is 35.5. The summed E-state index contributed by atoms with van der Waals surface area (Å²) >= 11 is 7.47. The van der Waals surface area contributed by atoms with Crippen molar-refractivity contribution in [2.45, 2.75) is 44.6 Å². The van der Waals surface area contributed by atoms with Gasteiger partial charge in [-0.15, -0.1) is 11.3 Å². The minimum atomic E-state index is -3.85. The maximum atomic E-state index is 13.1. The summed E-state index contributed by atoms with van der Waals surface area (Å²) in [6.45, 7) is 6.17. The second kappa shape index (κ2) is 12.7. The number of nitrogens with one attached hydrogen (secondary N) is 2. The number of hydrogen-bond donors (Lipinski definition) is 2. The summed E-state index contributed by atoms with van der Waals surface area (Å²) in [7, 11) is -2.41. The van der Waals surface area contributed by atoms with Crippen molar-refractivity contribution in [3.63, 3.8) is 0 Å². The number of sulfonamides is 1. The first-order valence-electron chi connectivity index (χ1n) is 12.2. The minimum Gasteiger partial charge on any atom is -0.354 e. The molecule has 2 amide bonds. The van der Waals surface area contributed by atoms with Crippen LogP contribution in [-0.2, 0) is 14.8 Å². The Hall–Kier alpha value is -2.97. The average Bonchev–Trinajstić information content (AvgIpc) is 3.21. The quantitative estimate of drug-likeness (QED) is 0.322. The summed E-state index contributed by atoms with van der Waals surface area (Å²) < 4.78 is 27.8. The molecule has 3 aromatic rings. The second-order valence-corrected chi connectivity index (χ2v) is 12.9. The molecular formula is C27H31ClN4O4S2. The molecule has 2 N–H and O–H groups in total. The standard InChI is InChI=1S/C27H31ClN4O4S2/c1-17(2)14-22(31-27(34)25-18(3)21-15-20(28)10-11-23(21)37-25)26(33)30-12-7-13-32(4)38(35,36)24-9-6-5-8-19(24)16-29/h5-6,8-11,15,17,22H,7,12-14H2,1-4H3,(H,30,33)(H,31,34)/t22-/m0/s1. The highest BCUT2D eigenvalue weighted by Gasteiger charge is 2.26. The Morgan fingerprint density at radius 2 is 1.89 bits per heavy atom. The third-order valence-electron chi connectivity index (χ3n) is 6.08. The van der Waals surface area contributed by atoms with E-state index >= 15 is 0 Å². The lowest BCUT2D eigenvalue weighted by Crippen LogP contribution is -2.47. The number of aryl methyl sites for hydroxylation is 1. The number of carbonyl (C=O) groups is 2. The highest BCUT2D eigenvalue weighted by Crippen LogP contribution is 2.32. The number of fused-ring (bicyclic) bond motifs is 1. The van der Waals surface area contributed by atoms with Crippen LogP contribution in [0, 0.1) is 24.2 Å². The molecule has 0 aliphatic heterocycles. The fourth-order valence-electron chi connectivity index (χ4n) is 4.04. The lowest BCUT2D eigenvalue weighted by atomic mass is 10.0. The summed E-state index contributed by atoms with van der Waals surface area (Å²) in [6.07, 6.45) is 0.807. The lowest BCUT2D eigenvalue weighted by Gasteiger charge is -2.21. The number of nitrogens with zero attached hydrogens (tertiary/aromatic N) is 2. The Balaban J connectivity index is 1.61. The average molecular weight is 575 g/mol. The van der Waals surface area contributed by atoms with Crippen LogP contribution in [0.4, 0.5) is 0 Å². The van der Waals surface area contributed by atoms with Gasteiger partial charge >= 0.3 is 0 Å². The number of rotatable bonds is 11. The summed E-state index contributed by atoms with van der Waals surface area (Å²) in [4.78, 5) is 26.6. The van der Waals surface area contributed by atoms with Crippen LogP contribution in [0.5, 0.6) is 0 Å². The third-order valence-corrected chi connectivity index (χ3v) is 9.50. The molecule has 0 bridgehead atoms. The van der Waals surface area contributed by atoms with E-state index < -0.39 is 16.1 Å². The van der Waals surface area contributed by atoms with Crippen LogP contribution in [0.1, 0.15) is 47.5 Å². The van der Waals surface area contributed by atoms with Crippen LogP contribution in [0.25, 0.3) is 10.1 Å². The number of nitriles is 1. The molecule has 11 heteroatoms. The van der Waals surface area contributed by atoms with E-state index in [0.717, 1.165) is 15.6 Å². The maximum absolute atomic E-state index is 13.1. The van der Waals surface area contributed by atoms with Crippen LogP contribution in [-0.4, -0.2) is 50.7 Å². The van der Waals surface area contributed by atoms with Crippen molar-refractivity contribution in [2.75, 3.05) is 20.1 Å². The molecule has 0 aliphatic rings. The normalized spacial score (nSPS) is 12.5. The molecule has 8 nitrogen and oxygen atoms in total. The third kappa shape index (κ3) is 6.91. The van der Waals surface area contributed by atoms with Crippen molar-refractivity contribution < 1.29 is 18.0 Å². The van der Waals surface area contributed by atoms with Gasteiger partial charge in [0.25, 0.3) is 5.91 Å². The van der Waals surface area contributed by atoms with E-state index in [4.69, 9.17) is 11.6 Å². The molecular weight excluding hydrogens is 544 g/mol. The van der Waals surface area contributed by atoms with Gasteiger partial charge < -0.3 is 10.6 Å². The molecule has 202 valence electrons. The molecule has 0 spiro atoms. The Morgan fingerprint density at radius 1 is 1.18 bits per heavy atom. The fourth-order valence-corrected chi connectivity index (χ4v) is 6.66. The van der Waals surface area contributed by atoms with Crippen molar-refractivity contribution >= 4 is 54.9 Å². The second-order valence-electron chi connectivity index (χ2n) is 9.43. The van der Waals surface area contributed by atoms with E-state index in [0.29, 0.717) is 22.7 Å². The van der Waals surface area contributed by atoms with E-state index in [-0.39, 0.29) is 41.3 Å². The number of hydrogen-bond acceptors (Lipinski definition) is 6. The van der Waals surface area contributed by atoms with E-state index in [9.17, 15) is 23.3 Å². The van der Waals surface area contributed by atoms with Gasteiger partial charge in [-0.3, -0.25) is 9.59 Å². The van der Waals surface area contributed by atoms with Gasteiger partial charge in [0.1, 0.15) is 12.1 Å². The molecule has 38 heavy (non-hydrogen) atoms. The van der Waals surface area contributed by atoms with Crippen molar-refractivity contribution in [3.8, 4) is 6.07 Å². The molecule has 2 aromatic carbocycles. The Labute approximate surface area is 232 Å². The van der Waals surface area contributed by atoms with Gasteiger partial charge in [0.2, 0.25) is 15.9 Å². The van der Waals surface area contributed by atoms with Gasteiger partial charge in [0.05, 0.1) is 15.3 Å². The molecule has 0 aliphatic carbocycles. The zero-order chi connectivity index (χ0) is 28.0. The van der Waals surface area contributed by atoms with Crippen LogP contribution in [0.3, 0.4) is 0 Å². The number of amides is 2. The van der Waals surface area contributed by atoms with Gasteiger partial charge in [0.15, 0.2) is 0 Å². The zero-order valence-corrected chi connectivity index (χ0v) is 24.1. The van der Waals surface area contributed by atoms with E-state index in [2.05, 4.69) is 10.6 Å². The van der Waals surface area contributed by atoms with Gasteiger partial charge in [0, 0.05) is 29.9 Å². The van der Waals surface area contributed by atoms with Crippen molar-refractivity contribution in [1.29, 1.82) is 5.26 Å². The molecule has 3 rings (SSSR count). The summed E-state index contributed by atoms with van der Waals surface area (Å²) in [5, 5.41) is 16.4. The Kier molecular flexibility index (Phi) is 9.90. The molecule has 0 radical (unpaired) electrons. The van der Waals surface area contributed by atoms with E-state index in [1.165, 1.54) is 34.8 Å². The van der Waals surface area contributed by atoms with Crippen LogP contribution < -0.4 is 10.6 Å². The first kappa shape index (κ1) is 29.6. The van der Waals surface area contributed by atoms with Gasteiger partial charge in [-0.05, 0) is 67.0 Å². The van der Waals surface area contributed by atoms with Crippen LogP contribution in [0.2, 0.25) is 5.02 Å². The SMILES string of the molecule is Cc1c(C(=O)N[C@@H](CC(C)C)C(=O)NCCCN(C)S(=O)(=O)c2ccccc2C#N)sc2ccc(Cl)cc12. The minimum absolute atomic E-state index is 0.0486. The Bertz CT molecular complexity index is 1480. The summed E-state index contributed by atoms with van der Waals surface area (Å²) in [5.41, 5.74) is 0.896. The lowest BCUT2D eigenvalue weighted by molar-refractivity contribution is -0.123. The highest BCUT2D eigenvalue weighted by molar-refractivity contribution is 7.89. The summed E-state index contributed by atoms with van der Waals surface area (Å²) in [5.74, 6) is -0.485. The van der Waals surface area contributed by atoms with Gasteiger partial charge in [-0.2, -0.15) is 5.26 Å². The van der Waals surface area contributed by atoms with Gasteiger partial charge in [-0.25, -0.2) is 12.7 Å². The molecule has 0 saturated heterocycles. The van der Waals surface area contributed by atoms with Crippen molar-refractivity contribution in [2.24, 2.45) is 5.92 Å². The van der Waals surface area contributed by atoms with Crippen LogP contribution >= 0.6 is 22.9 Å². The maximum Gasteiger partial charge on any atom is 0.262 e. The largest absolute Gasteiger partial charge is 0.354 e. The Morgan fingerprint density at radius 3 is 2.58 bits per heavy atom. The molecule has 1 atom stereocenters. The van der Waals surface area contributed by atoms with E-state index in [1.54, 1.807) is 18.2 Å². The predicted octanol–water partition coefficient (Wildman–Crippen LogP) is 4.71. The number of halogens is 1. The monoisotopic (exact) mass is 574 g/mol. The van der Waals surface area contributed by atoms with Crippen LogP contribution in [0.15, 0.2) is 47.4 Å².